The highest BCUT2D eigenvalue weighted by Crippen LogP contribution is 2.38. The molecule has 1 atom stereocenters. The number of nitrogens with zero attached hydrogens (tertiary/aromatic N) is 1. The molecule has 1 aromatic rings. The predicted octanol–water partition coefficient (Wildman–Crippen LogP) is 1.31. The van der Waals surface area contributed by atoms with Crippen LogP contribution in [0.25, 0.3) is 0 Å². The number of aromatic amines is 1. The number of hydrogen-bond acceptors (Lipinski definition) is 4. The number of anilines is 1. The van der Waals surface area contributed by atoms with Crippen LogP contribution in [0.4, 0.5) is 5.82 Å². The van der Waals surface area contributed by atoms with E-state index in [9.17, 15) is 9.59 Å². The Morgan fingerprint density at radius 1 is 1.47 bits per heavy atom. The first kappa shape index (κ1) is 12.2. The molecule has 6 nitrogen and oxygen atoms in total. The molecule has 0 radical (unpaired) electrons. The second-order valence-corrected chi connectivity index (χ2v) is 5.48. The average molecular weight is 263 g/mol. The third-order valence-electron chi connectivity index (χ3n) is 3.64. The smallest absolute Gasteiger partial charge is 0.305 e. The van der Waals surface area contributed by atoms with Crippen LogP contribution < -0.4 is 10.9 Å². The topological polar surface area (TPSA) is 95.1 Å². The summed E-state index contributed by atoms with van der Waals surface area (Å²) in [6, 6.07) is 1.28. The lowest BCUT2D eigenvalue weighted by Gasteiger charge is -2.17. The van der Waals surface area contributed by atoms with Gasteiger partial charge in [-0.2, -0.15) is 0 Å². The first-order valence-electron chi connectivity index (χ1n) is 6.71. The van der Waals surface area contributed by atoms with E-state index < -0.39 is 5.97 Å². The van der Waals surface area contributed by atoms with Gasteiger partial charge in [-0.15, -0.1) is 0 Å². The molecule has 1 aromatic heterocycles. The highest BCUT2D eigenvalue weighted by molar-refractivity contribution is 5.68. The van der Waals surface area contributed by atoms with Crippen LogP contribution in [0.2, 0.25) is 0 Å². The zero-order valence-electron chi connectivity index (χ0n) is 10.6. The van der Waals surface area contributed by atoms with E-state index in [1.165, 1.54) is 6.07 Å². The fourth-order valence-corrected chi connectivity index (χ4v) is 2.31. The predicted molar refractivity (Wildman–Crippen MR) is 69.2 cm³/mol. The van der Waals surface area contributed by atoms with Crippen molar-refractivity contribution in [3.05, 3.63) is 22.2 Å². The Labute approximate surface area is 110 Å². The Morgan fingerprint density at radius 2 is 2.21 bits per heavy atom. The Kier molecular flexibility index (Phi) is 3.00. The zero-order chi connectivity index (χ0) is 13.4. The van der Waals surface area contributed by atoms with Gasteiger partial charge >= 0.3 is 5.97 Å². The maximum atomic E-state index is 11.6. The molecule has 0 aromatic carbocycles. The number of aliphatic carboxylic acids is 1. The molecule has 1 heterocycles. The van der Waals surface area contributed by atoms with Crippen LogP contribution in [0, 0.1) is 5.92 Å². The highest BCUT2D eigenvalue weighted by Gasteiger charge is 2.33. The lowest BCUT2D eigenvalue weighted by atomic mass is 10.1. The summed E-state index contributed by atoms with van der Waals surface area (Å²) in [5.41, 5.74) is -0.177. The summed E-state index contributed by atoms with van der Waals surface area (Å²) in [6.45, 7) is 0. The number of hydrogen-bond donors (Lipinski definition) is 3. The van der Waals surface area contributed by atoms with Gasteiger partial charge in [0.1, 0.15) is 11.6 Å². The minimum Gasteiger partial charge on any atom is -0.481 e. The van der Waals surface area contributed by atoms with Crippen molar-refractivity contribution in [2.24, 2.45) is 5.92 Å². The Morgan fingerprint density at radius 3 is 2.79 bits per heavy atom. The second kappa shape index (κ2) is 4.68. The van der Waals surface area contributed by atoms with Gasteiger partial charge in [0.25, 0.3) is 5.56 Å². The molecule has 2 fully saturated rings. The van der Waals surface area contributed by atoms with Crippen LogP contribution in [0.5, 0.6) is 0 Å². The van der Waals surface area contributed by atoms with Crippen LogP contribution in [-0.4, -0.2) is 27.1 Å². The van der Waals surface area contributed by atoms with Crippen molar-refractivity contribution in [3.63, 3.8) is 0 Å². The summed E-state index contributed by atoms with van der Waals surface area (Å²) in [4.78, 5) is 29.6. The van der Waals surface area contributed by atoms with E-state index in [-0.39, 0.29) is 18.0 Å². The molecule has 2 aliphatic carbocycles. The molecule has 6 heteroatoms. The highest BCUT2D eigenvalue weighted by atomic mass is 16.4. The van der Waals surface area contributed by atoms with Crippen molar-refractivity contribution in [1.82, 2.24) is 9.97 Å². The monoisotopic (exact) mass is 263 g/mol. The molecule has 102 valence electrons. The Bertz CT molecular complexity index is 546. The van der Waals surface area contributed by atoms with E-state index in [2.05, 4.69) is 15.3 Å². The molecular weight excluding hydrogens is 246 g/mol. The summed E-state index contributed by atoms with van der Waals surface area (Å²) >= 11 is 0. The standard InChI is InChI=1S/C13H17N3O3/c17-11-6-10(15-13(16-11)8-3-4-8)14-9(5-12(18)19)7-1-2-7/h6-9H,1-5H2,(H,18,19)(H2,14,15,16,17). The fraction of sp³-hybridized carbons (Fsp3) is 0.615. The van der Waals surface area contributed by atoms with Crippen LogP contribution in [0.1, 0.15) is 43.8 Å². The average Bonchev–Trinajstić information content (AvgIpc) is 3.18. The van der Waals surface area contributed by atoms with Gasteiger partial charge in [0.2, 0.25) is 0 Å². The number of aromatic nitrogens is 2. The molecule has 19 heavy (non-hydrogen) atoms. The van der Waals surface area contributed by atoms with E-state index in [4.69, 9.17) is 5.11 Å². The molecule has 0 spiro atoms. The van der Waals surface area contributed by atoms with Gasteiger partial charge in [-0.1, -0.05) is 0 Å². The van der Waals surface area contributed by atoms with E-state index in [1.807, 2.05) is 0 Å². The van der Waals surface area contributed by atoms with Crippen LogP contribution >= 0.6 is 0 Å². The quantitative estimate of drug-likeness (QED) is 0.719. The molecular formula is C13H17N3O3. The van der Waals surface area contributed by atoms with E-state index in [1.54, 1.807) is 0 Å². The van der Waals surface area contributed by atoms with Crippen molar-refractivity contribution < 1.29 is 9.90 Å². The number of nitrogens with one attached hydrogen (secondary N) is 2. The van der Waals surface area contributed by atoms with Crippen LogP contribution in [-0.2, 0) is 4.79 Å². The normalized spacial score (nSPS) is 20.0. The molecule has 0 bridgehead atoms. The maximum Gasteiger partial charge on any atom is 0.305 e. The van der Waals surface area contributed by atoms with Gasteiger partial charge in [-0.25, -0.2) is 4.98 Å². The molecule has 2 aliphatic rings. The van der Waals surface area contributed by atoms with Crippen molar-refractivity contribution in [1.29, 1.82) is 0 Å². The summed E-state index contributed by atoms with van der Waals surface area (Å²) in [5.74, 6) is 1.16. The van der Waals surface area contributed by atoms with Gasteiger partial charge in [0.15, 0.2) is 0 Å². The van der Waals surface area contributed by atoms with Gasteiger partial charge in [-0.05, 0) is 31.6 Å². The summed E-state index contributed by atoms with van der Waals surface area (Å²) < 4.78 is 0. The number of carbonyl (C=O) groups is 1. The van der Waals surface area contributed by atoms with Gasteiger partial charge in [0, 0.05) is 18.0 Å². The Balaban J connectivity index is 1.76. The molecule has 3 rings (SSSR count). The number of rotatable bonds is 6. The molecule has 2 saturated carbocycles. The first-order valence-corrected chi connectivity index (χ1v) is 6.71. The summed E-state index contributed by atoms with van der Waals surface area (Å²) in [5, 5.41) is 12.0. The van der Waals surface area contributed by atoms with E-state index in [0.29, 0.717) is 17.7 Å². The van der Waals surface area contributed by atoms with Crippen molar-refractivity contribution in [2.45, 2.75) is 44.1 Å². The molecule has 0 amide bonds. The van der Waals surface area contributed by atoms with Crippen LogP contribution in [0.3, 0.4) is 0 Å². The van der Waals surface area contributed by atoms with E-state index >= 15 is 0 Å². The SMILES string of the molecule is O=C(O)CC(Nc1cc(=O)[nH]c(C2CC2)n1)C1CC1. The maximum absolute atomic E-state index is 11.6. The van der Waals surface area contributed by atoms with Crippen LogP contribution in [0.15, 0.2) is 10.9 Å². The third-order valence-corrected chi connectivity index (χ3v) is 3.64. The van der Waals surface area contributed by atoms with Crippen molar-refractivity contribution in [2.75, 3.05) is 5.32 Å². The Hall–Kier alpha value is -1.85. The van der Waals surface area contributed by atoms with Crippen molar-refractivity contribution >= 4 is 11.8 Å². The zero-order valence-corrected chi connectivity index (χ0v) is 10.6. The molecule has 3 N–H and O–H groups in total. The largest absolute Gasteiger partial charge is 0.481 e. The van der Waals surface area contributed by atoms with Crippen molar-refractivity contribution in [3.8, 4) is 0 Å². The lowest BCUT2D eigenvalue weighted by molar-refractivity contribution is -0.137. The second-order valence-electron chi connectivity index (χ2n) is 5.48. The van der Waals surface area contributed by atoms with Gasteiger partial charge in [0.05, 0.1) is 6.42 Å². The van der Waals surface area contributed by atoms with E-state index in [0.717, 1.165) is 31.5 Å². The fourth-order valence-electron chi connectivity index (χ4n) is 2.31. The first-order chi connectivity index (χ1) is 9.11. The van der Waals surface area contributed by atoms with Gasteiger partial charge in [-0.3, -0.25) is 9.59 Å². The molecule has 0 saturated heterocycles. The number of carboxylic acids is 1. The third kappa shape index (κ3) is 3.13. The number of H-pyrrole nitrogens is 1. The minimum absolute atomic E-state index is 0.0674. The number of carboxylic acid groups (broad SMARTS) is 1. The minimum atomic E-state index is -0.823. The molecule has 1 unspecified atom stereocenters. The van der Waals surface area contributed by atoms with Gasteiger partial charge < -0.3 is 15.4 Å². The lowest BCUT2D eigenvalue weighted by Crippen LogP contribution is -2.27. The summed E-state index contributed by atoms with van der Waals surface area (Å²) in [7, 11) is 0. The molecule has 0 aliphatic heterocycles. The summed E-state index contributed by atoms with van der Waals surface area (Å²) in [6.07, 6.45) is 4.28.